The lowest BCUT2D eigenvalue weighted by Gasteiger charge is -2.17. The highest BCUT2D eigenvalue weighted by molar-refractivity contribution is 6.30. The Bertz CT molecular complexity index is 1820. The highest BCUT2D eigenvalue weighted by Crippen LogP contribution is 2.36. The van der Waals surface area contributed by atoms with Crippen LogP contribution in [-0.2, 0) is 26.4 Å². The van der Waals surface area contributed by atoms with Crippen LogP contribution in [0.1, 0.15) is 43.0 Å². The maximum atomic E-state index is 12.3. The highest BCUT2D eigenvalue weighted by atomic mass is 35.5. The molecule has 0 saturated carbocycles. The lowest BCUT2D eigenvalue weighted by molar-refractivity contribution is 0.0646. The summed E-state index contributed by atoms with van der Waals surface area (Å²) in [4.78, 5) is 24.2. The Morgan fingerprint density at radius 3 is 1.48 bits per heavy atom. The molecule has 0 bridgehead atoms. The van der Waals surface area contributed by atoms with E-state index in [4.69, 9.17) is 42.1 Å². The van der Waals surface area contributed by atoms with E-state index in [1.165, 1.54) is 12.1 Å². The maximum Gasteiger partial charge on any atom is 0.340 e. The average molecular weight is 660 g/mol. The third kappa shape index (κ3) is 8.72. The fourth-order valence-electron chi connectivity index (χ4n) is 4.47. The first-order chi connectivity index (χ1) is 22.2. The molecule has 5 aromatic carbocycles. The fourth-order valence-corrected chi connectivity index (χ4v) is 4.72. The number of aromatic carboxylic acids is 2. The van der Waals surface area contributed by atoms with Crippen molar-refractivity contribution in [2.75, 3.05) is 0 Å². The number of rotatable bonds is 14. The smallest absolute Gasteiger partial charge is 0.340 e. The molecule has 0 atom stereocenters. The van der Waals surface area contributed by atoms with E-state index >= 15 is 0 Å². The molecule has 0 aromatic heterocycles. The van der Waals surface area contributed by atoms with Gasteiger partial charge in [0.15, 0.2) is 11.5 Å². The molecule has 5 rings (SSSR count). The van der Waals surface area contributed by atoms with Crippen LogP contribution in [0.2, 0.25) is 10.0 Å². The summed E-state index contributed by atoms with van der Waals surface area (Å²) in [5, 5.41) is 21.0. The van der Waals surface area contributed by atoms with Gasteiger partial charge in [0.25, 0.3) is 0 Å². The van der Waals surface area contributed by atoms with Crippen molar-refractivity contribution in [1.29, 1.82) is 0 Å². The molecule has 5 aromatic rings. The molecule has 234 valence electrons. The number of benzene rings is 5. The lowest BCUT2D eigenvalue weighted by atomic mass is 10.1. The zero-order valence-electron chi connectivity index (χ0n) is 24.3. The number of carboxylic acids is 2. The van der Waals surface area contributed by atoms with Crippen molar-refractivity contribution in [3.63, 3.8) is 0 Å². The van der Waals surface area contributed by atoms with Crippen molar-refractivity contribution in [1.82, 2.24) is 0 Å². The second-order valence-corrected chi connectivity index (χ2v) is 11.0. The Hall–Kier alpha value is -5.18. The Morgan fingerprint density at radius 1 is 0.522 bits per heavy atom. The summed E-state index contributed by atoms with van der Waals surface area (Å²) in [7, 11) is 0. The van der Waals surface area contributed by atoms with E-state index in [2.05, 4.69) is 0 Å². The third-order valence-electron chi connectivity index (χ3n) is 6.78. The zero-order valence-corrected chi connectivity index (χ0v) is 25.8. The van der Waals surface area contributed by atoms with E-state index < -0.39 is 23.1 Å². The van der Waals surface area contributed by atoms with Crippen molar-refractivity contribution in [2.45, 2.75) is 26.4 Å². The second-order valence-electron chi connectivity index (χ2n) is 10.1. The number of halogens is 2. The molecule has 0 amide bonds. The van der Waals surface area contributed by atoms with Gasteiger partial charge in [-0.3, -0.25) is 0 Å². The molecule has 0 unspecified atom stereocenters. The number of ether oxygens (including phenoxy) is 4. The van der Waals surface area contributed by atoms with Gasteiger partial charge in [0.2, 0.25) is 0 Å². The van der Waals surface area contributed by atoms with E-state index in [-0.39, 0.29) is 24.7 Å². The fraction of sp³-hybridized carbons (Fsp3) is 0.111. The molecule has 46 heavy (non-hydrogen) atoms. The maximum absolute atomic E-state index is 12.3. The van der Waals surface area contributed by atoms with Crippen molar-refractivity contribution in [3.05, 3.63) is 153 Å². The molecule has 0 heterocycles. The summed E-state index contributed by atoms with van der Waals surface area (Å²) in [5.74, 6) is -1.81. The van der Waals surface area contributed by atoms with Gasteiger partial charge in [-0.1, -0.05) is 71.7 Å². The third-order valence-corrected chi connectivity index (χ3v) is 7.28. The molecule has 0 aliphatic heterocycles. The van der Waals surface area contributed by atoms with Crippen LogP contribution in [0.5, 0.6) is 23.0 Å². The molecule has 2 N–H and O–H groups in total. The summed E-state index contributed by atoms with van der Waals surface area (Å²) in [6.45, 7) is 0.613. The van der Waals surface area contributed by atoms with Gasteiger partial charge in [0, 0.05) is 10.0 Å². The summed E-state index contributed by atoms with van der Waals surface area (Å²) in [5.41, 5.74) is 2.36. The van der Waals surface area contributed by atoms with Crippen molar-refractivity contribution in [3.8, 4) is 23.0 Å². The van der Waals surface area contributed by atoms with Crippen LogP contribution in [0, 0.1) is 0 Å². The van der Waals surface area contributed by atoms with Crippen molar-refractivity contribution < 1.29 is 38.7 Å². The van der Waals surface area contributed by atoms with E-state index in [0.717, 1.165) is 16.7 Å². The molecule has 0 aliphatic carbocycles. The van der Waals surface area contributed by atoms with Crippen LogP contribution in [0.15, 0.2) is 109 Å². The van der Waals surface area contributed by atoms with E-state index in [9.17, 15) is 19.8 Å². The number of hydrogen-bond acceptors (Lipinski definition) is 6. The largest absolute Gasteiger partial charge is 0.489 e. The number of carboxylic acid groups (broad SMARTS) is 2. The topological polar surface area (TPSA) is 112 Å². The van der Waals surface area contributed by atoms with Crippen molar-refractivity contribution in [2.24, 2.45) is 0 Å². The van der Waals surface area contributed by atoms with Gasteiger partial charge in [-0.2, -0.15) is 0 Å². The summed E-state index contributed by atoms with van der Waals surface area (Å²) >= 11 is 11.9. The Labute approximate surface area is 275 Å². The standard InChI is InChI=1S/C36H28Cl2O8/c37-27-11-7-23(8-12-27)19-43-29-5-1-3-25(17-29)21-45-32-16-15-31(35(39)40)33(36(41)42)34(32)46-22-26-4-2-6-30(18-26)44-20-24-9-13-28(38)14-10-24/h1-18H,19-22H2,(H,39,40)(H,41,42). The zero-order chi connectivity index (χ0) is 32.5. The Morgan fingerprint density at radius 2 is 1.00 bits per heavy atom. The first kappa shape index (κ1) is 32.2. The van der Waals surface area contributed by atoms with Gasteiger partial charge in [-0.15, -0.1) is 0 Å². The van der Waals surface area contributed by atoms with Crippen LogP contribution in [-0.4, -0.2) is 22.2 Å². The first-order valence-electron chi connectivity index (χ1n) is 14.1. The SMILES string of the molecule is O=C(O)c1ccc(OCc2cccc(OCc3ccc(Cl)cc3)c2)c(OCc2cccc(OCc3ccc(Cl)cc3)c2)c1C(=O)O. The van der Waals surface area contributed by atoms with Gasteiger partial charge >= 0.3 is 11.9 Å². The minimum absolute atomic E-state index is 0.0357. The minimum Gasteiger partial charge on any atom is -0.489 e. The van der Waals surface area contributed by atoms with Gasteiger partial charge in [0.05, 0.1) is 5.56 Å². The molecule has 0 spiro atoms. The first-order valence-corrected chi connectivity index (χ1v) is 14.8. The molecule has 10 heteroatoms. The monoisotopic (exact) mass is 658 g/mol. The van der Waals surface area contributed by atoms with Gasteiger partial charge < -0.3 is 29.2 Å². The number of hydrogen-bond donors (Lipinski definition) is 2. The van der Waals surface area contributed by atoms with Gasteiger partial charge in [0.1, 0.15) is 43.5 Å². The summed E-state index contributed by atoms with van der Waals surface area (Å²) < 4.78 is 23.8. The van der Waals surface area contributed by atoms with Crippen LogP contribution in [0.25, 0.3) is 0 Å². The van der Waals surface area contributed by atoms with Crippen LogP contribution >= 0.6 is 23.2 Å². The van der Waals surface area contributed by atoms with E-state index in [1.807, 2.05) is 42.5 Å². The van der Waals surface area contributed by atoms with E-state index in [0.29, 0.717) is 40.3 Å². The second kappa shape index (κ2) is 15.2. The van der Waals surface area contributed by atoms with E-state index in [1.54, 1.807) is 54.6 Å². The highest BCUT2D eigenvalue weighted by Gasteiger charge is 2.25. The minimum atomic E-state index is -1.46. The molecular formula is C36H28Cl2O8. The Balaban J connectivity index is 1.31. The molecular weight excluding hydrogens is 631 g/mol. The molecule has 0 aliphatic rings. The molecule has 0 saturated heterocycles. The Kier molecular flexibility index (Phi) is 10.7. The molecule has 8 nitrogen and oxygen atoms in total. The van der Waals surface area contributed by atoms with Gasteiger partial charge in [-0.05, 0) is 82.9 Å². The summed E-state index contributed by atoms with van der Waals surface area (Å²) in [6, 6.07) is 31.6. The normalized spacial score (nSPS) is 10.7. The molecule has 0 radical (unpaired) electrons. The lowest BCUT2D eigenvalue weighted by Crippen LogP contribution is -2.12. The average Bonchev–Trinajstić information content (AvgIpc) is 3.06. The predicted molar refractivity (Wildman–Crippen MR) is 173 cm³/mol. The summed E-state index contributed by atoms with van der Waals surface area (Å²) in [6.07, 6.45) is 0. The van der Waals surface area contributed by atoms with Crippen LogP contribution in [0.4, 0.5) is 0 Å². The predicted octanol–water partition coefficient (Wildman–Crippen LogP) is 8.71. The number of carbonyl (C=O) groups is 2. The molecule has 0 fully saturated rings. The quantitative estimate of drug-likeness (QED) is 0.122. The van der Waals surface area contributed by atoms with Crippen LogP contribution in [0.3, 0.4) is 0 Å². The van der Waals surface area contributed by atoms with Crippen LogP contribution < -0.4 is 18.9 Å². The van der Waals surface area contributed by atoms with Gasteiger partial charge in [-0.25, -0.2) is 9.59 Å². The van der Waals surface area contributed by atoms with Crippen molar-refractivity contribution >= 4 is 35.1 Å².